The van der Waals surface area contributed by atoms with Crippen molar-refractivity contribution in [2.45, 2.75) is 64.8 Å². The molecular weight excluding hydrogens is 248 g/mol. The first-order valence-corrected chi connectivity index (χ1v) is 7.72. The van der Waals surface area contributed by atoms with Crippen LogP contribution >= 0.6 is 0 Å². The van der Waals surface area contributed by atoms with Crippen LogP contribution in [0.3, 0.4) is 0 Å². The van der Waals surface area contributed by atoms with E-state index in [4.69, 9.17) is 4.98 Å². The maximum Gasteiger partial charge on any atom is 0.138 e. The van der Waals surface area contributed by atoms with Gasteiger partial charge in [-0.1, -0.05) is 40.5 Å². The third-order valence-electron chi connectivity index (χ3n) is 3.94. The van der Waals surface area contributed by atoms with Gasteiger partial charge in [0.2, 0.25) is 0 Å². The van der Waals surface area contributed by atoms with Crippen molar-refractivity contribution in [2.75, 3.05) is 17.7 Å². The molecule has 2 atom stereocenters. The Morgan fingerprint density at radius 2 is 1.85 bits per heavy atom. The predicted octanol–water partition coefficient (Wildman–Crippen LogP) is 3.81. The number of aromatic nitrogens is 2. The highest BCUT2D eigenvalue weighted by Gasteiger charge is 2.22. The average molecular weight is 276 g/mol. The number of hydrogen-bond acceptors (Lipinski definition) is 4. The Labute approximate surface area is 122 Å². The highest BCUT2D eigenvalue weighted by molar-refractivity contribution is 5.48. The van der Waals surface area contributed by atoms with Crippen LogP contribution < -0.4 is 10.6 Å². The topological polar surface area (TPSA) is 49.8 Å². The lowest BCUT2D eigenvalue weighted by atomic mass is 9.87. The van der Waals surface area contributed by atoms with Gasteiger partial charge in [-0.05, 0) is 18.8 Å². The van der Waals surface area contributed by atoms with Crippen LogP contribution in [0.15, 0.2) is 6.07 Å². The fraction of sp³-hybridized carbons (Fsp3) is 0.750. The van der Waals surface area contributed by atoms with Crippen LogP contribution in [0, 0.1) is 5.92 Å². The summed E-state index contributed by atoms with van der Waals surface area (Å²) in [6.45, 7) is 8.78. The molecule has 20 heavy (non-hydrogen) atoms. The van der Waals surface area contributed by atoms with Crippen LogP contribution in [-0.2, 0) is 5.41 Å². The zero-order chi connectivity index (χ0) is 14.8. The molecule has 2 N–H and O–H groups in total. The Morgan fingerprint density at radius 1 is 1.15 bits per heavy atom. The third-order valence-corrected chi connectivity index (χ3v) is 3.94. The molecule has 4 nitrogen and oxygen atoms in total. The highest BCUT2D eigenvalue weighted by atomic mass is 15.1. The molecular formula is C16H28N4. The van der Waals surface area contributed by atoms with Gasteiger partial charge in [-0.3, -0.25) is 0 Å². The second-order valence-corrected chi connectivity index (χ2v) is 7.08. The minimum Gasteiger partial charge on any atom is -0.373 e. The Bertz CT molecular complexity index is 450. The van der Waals surface area contributed by atoms with Gasteiger partial charge in [-0.25, -0.2) is 9.97 Å². The monoisotopic (exact) mass is 276 g/mol. The van der Waals surface area contributed by atoms with Crippen molar-refractivity contribution in [3.63, 3.8) is 0 Å². The molecule has 0 spiro atoms. The van der Waals surface area contributed by atoms with Crippen molar-refractivity contribution < 1.29 is 0 Å². The highest BCUT2D eigenvalue weighted by Crippen LogP contribution is 2.27. The molecule has 2 rings (SSSR count). The van der Waals surface area contributed by atoms with Gasteiger partial charge < -0.3 is 10.6 Å². The van der Waals surface area contributed by atoms with E-state index < -0.39 is 0 Å². The molecule has 2 unspecified atom stereocenters. The van der Waals surface area contributed by atoms with Crippen molar-refractivity contribution in [2.24, 2.45) is 5.92 Å². The van der Waals surface area contributed by atoms with E-state index in [9.17, 15) is 0 Å². The molecule has 1 saturated carbocycles. The summed E-state index contributed by atoms with van der Waals surface area (Å²) in [6, 6.07) is 2.56. The molecule has 0 radical (unpaired) electrons. The lowest BCUT2D eigenvalue weighted by molar-refractivity contribution is 0.358. The molecule has 0 aromatic carbocycles. The molecule has 0 bridgehead atoms. The number of rotatable bonds is 3. The van der Waals surface area contributed by atoms with E-state index in [0.717, 1.165) is 23.4 Å². The molecule has 1 aliphatic rings. The van der Waals surface area contributed by atoms with Crippen LogP contribution in [-0.4, -0.2) is 23.1 Å². The quantitative estimate of drug-likeness (QED) is 0.881. The first-order chi connectivity index (χ1) is 9.38. The lowest BCUT2D eigenvalue weighted by Crippen LogP contribution is -2.27. The van der Waals surface area contributed by atoms with Gasteiger partial charge in [-0.15, -0.1) is 0 Å². The smallest absolute Gasteiger partial charge is 0.138 e. The zero-order valence-corrected chi connectivity index (χ0v) is 13.5. The third kappa shape index (κ3) is 3.84. The van der Waals surface area contributed by atoms with E-state index in [2.05, 4.69) is 43.3 Å². The molecule has 1 aromatic heterocycles. The molecule has 1 fully saturated rings. The Kier molecular flexibility index (Phi) is 4.51. The van der Waals surface area contributed by atoms with Gasteiger partial charge >= 0.3 is 0 Å². The summed E-state index contributed by atoms with van der Waals surface area (Å²) >= 11 is 0. The summed E-state index contributed by atoms with van der Waals surface area (Å²) < 4.78 is 0. The summed E-state index contributed by atoms with van der Waals surface area (Å²) in [6.07, 6.45) is 5.16. The van der Waals surface area contributed by atoms with E-state index in [-0.39, 0.29) is 5.41 Å². The zero-order valence-electron chi connectivity index (χ0n) is 13.5. The van der Waals surface area contributed by atoms with Gasteiger partial charge in [0.05, 0.1) is 0 Å². The Balaban J connectivity index is 2.18. The molecule has 1 aromatic rings. The van der Waals surface area contributed by atoms with Gasteiger partial charge in [0.15, 0.2) is 0 Å². The standard InChI is InChI=1S/C16H28N4/c1-11-7-6-8-12(9-11)18-14-10-13(17-5)19-15(20-14)16(2,3)4/h10-12H,6-9H2,1-5H3,(H2,17,18,19,20). The first kappa shape index (κ1) is 15.1. The van der Waals surface area contributed by atoms with Gasteiger partial charge in [0.25, 0.3) is 0 Å². The van der Waals surface area contributed by atoms with E-state index in [1.54, 1.807) is 0 Å². The molecule has 4 heteroatoms. The van der Waals surface area contributed by atoms with Crippen molar-refractivity contribution in [3.8, 4) is 0 Å². The second kappa shape index (κ2) is 5.98. The largest absolute Gasteiger partial charge is 0.373 e. The van der Waals surface area contributed by atoms with Gasteiger partial charge in [0, 0.05) is 24.6 Å². The number of nitrogens with one attached hydrogen (secondary N) is 2. The fourth-order valence-electron chi connectivity index (χ4n) is 2.76. The first-order valence-electron chi connectivity index (χ1n) is 7.72. The minimum atomic E-state index is -0.0385. The van der Waals surface area contributed by atoms with Crippen LogP contribution in [0.4, 0.5) is 11.6 Å². The van der Waals surface area contributed by atoms with Gasteiger partial charge in [-0.2, -0.15) is 0 Å². The Morgan fingerprint density at radius 3 is 2.45 bits per heavy atom. The van der Waals surface area contributed by atoms with Crippen molar-refractivity contribution in [1.82, 2.24) is 9.97 Å². The number of hydrogen-bond donors (Lipinski definition) is 2. The molecule has 0 saturated heterocycles. The Hall–Kier alpha value is -1.32. The minimum absolute atomic E-state index is 0.0385. The summed E-state index contributed by atoms with van der Waals surface area (Å²) in [5.41, 5.74) is -0.0385. The van der Waals surface area contributed by atoms with Gasteiger partial charge in [0.1, 0.15) is 17.5 Å². The number of nitrogens with zero attached hydrogens (tertiary/aromatic N) is 2. The summed E-state index contributed by atoms with van der Waals surface area (Å²) in [5, 5.41) is 6.74. The SMILES string of the molecule is CNc1cc(NC2CCCC(C)C2)nc(C(C)(C)C)n1. The van der Waals surface area contributed by atoms with E-state index in [0.29, 0.717) is 6.04 Å². The second-order valence-electron chi connectivity index (χ2n) is 7.08. The molecule has 0 amide bonds. The normalized spacial score (nSPS) is 23.4. The molecule has 112 valence electrons. The number of anilines is 2. The van der Waals surface area contributed by atoms with E-state index >= 15 is 0 Å². The summed E-state index contributed by atoms with van der Waals surface area (Å²) in [7, 11) is 1.90. The maximum absolute atomic E-state index is 4.71. The van der Waals surface area contributed by atoms with Crippen LogP contribution in [0.1, 0.15) is 59.2 Å². The van der Waals surface area contributed by atoms with E-state index in [1.165, 1.54) is 25.7 Å². The lowest BCUT2D eigenvalue weighted by Gasteiger charge is -2.28. The average Bonchev–Trinajstić information content (AvgIpc) is 2.37. The van der Waals surface area contributed by atoms with E-state index in [1.807, 2.05) is 13.1 Å². The molecule has 0 aliphatic heterocycles. The maximum atomic E-state index is 4.71. The van der Waals surface area contributed by atoms with Crippen molar-refractivity contribution in [3.05, 3.63) is 11.9 Å². The fourth-order valence-corrected chi connectivity index (χ4v) is 2.76. The summed E-state index contributed by atoms with van der Waals surface area (Å²) in [4.78, 5) is 9.28. The predicted molar refractivity (Wildman–Crippen MR) is 85.3 cm³/mol. The van der Waals surface area contributed by atoms with Crippen molar-refractivity contribution >= 4 is 11.6 Å². The van der Waals surface area contributed by atoms with Crippen LogP contribution in [0.25, 0.3) is 0 Å². The van der Waals surface area contributed by atoms with Crippen LogP contribution in [0.2, 0.25) is 0 Å². The van der Waals surface area contributed by atoms with Crippen molar-refractivity contribution in [1.29, 1.82) is 0 Å². The molecule has 1 heterocycles. The molecule has 1 aliphatic carbocycles. The van der Waals surface area contributed by atoms with Crippen LogP contribution in [0.5, 0.6) is 0 Å². The summed E-state index contributed by atoms with van der Waals surface area (Å²) in [5.74, 6) is 3.54.